The van der Waals surface area contributed by atoms with E-state index in [2.05, 4.69) is 13.8 Å². The molecule has 4 heteroatoms. The Bertz CT molecular complexity index is 71.5. The summed E-state index contributed by atoms with van der Waals surface area (Å²) < 4.78 is 0. The Balaban J connectivity index is -0.0000000800. The van der Waals surface area contributed by atoms with Gasteiger partial charge in [-0.1, -0.05) is 25.7 Å². The second-order valence-corrected chi connectivity index (χ2v) is 2.80. The van der Waals surface area contributed by atoms with Crippen molar-refractivity contribution in [2.45, 2.75) is 25.7 Å². The summed E-state index contributed by atoms with van der Waals surface area (Å²) in [5.74, 6) is 1.28. The molecule has 0 heterocycles. The van der Waals surface area contributed by atoms with Gasteiger partial charge in [-0.25, -0.2) is 0 Å². The van der Waals surface area contributed by atoms with Gasteiger partial charge in [-0.05, 0) is 0 Å². The summed E-state index contributed by atoms with van der Waals surface area (Å²) in [6.07, 6.45) is 5.35. The molecule has 0 aromatic heterocycles. The molecule has 0 radical (unpaired) electrons. The van der Waals surface area contributed by atoms with Crippen LogP contribution in [0.3, 0.4) is 0 Å². The molecular weight excluding hydrogens is 216 g/mol. The summed E-state index contributed by atoms with van der Waals surface area (Å²) in [7, 11) is 0. The third-order valence-electron chi connectivity index (χ3n) is 2.07. The molecule has 0 spiro atoms. The van der Waals surface area contributed by atoms with Crippen LogP contribution in [0.2, 0.25) is 0 Å². The Morgan fingerprint density at radius 2 is 1.00 bits per heavy atom. The van der Waals surface area contributed by atoms with Crippen molar-refractivity contribution in [2.75, 3.05) is 0 Å². The van der Waals surface area contributed by atoms with E-state index in [1.54, 1.807) is 0 Å². The Kier molecular flexibility index (Phi) is 25.9. The van der Waals surface area contributed by atoms with Crippen LogP contribution < -0.4 is 24.8 Å². The maximum absolute atomic E-state index is 4.02. The molecule has 0 unspecified atom stereocenters. The molecule has 64 valence electrons. The van der Waals surface area contributed by atoms with Gasteiger partial charge in [-0.3, -0.25) is 0 Å². The van der Waals surface area contributed by atoms with E-state index in [-0.39, 0.29) is 70.9 Å². The van der Waals surface area contributed by atoms with Gasteiger partial charge in [-0.15, -0.1) is 0 Å². The molecule has 1 aliphatic rings. The maximum Gasteiger partial charge on any atom is 2.00 e. The molecule has 0 bridgehead atoms. The van der Waals surface area contributed by atoms with Crippen LogP contribution >= 0.6 is 0 Å². The summed E-state index contributed by atoms with van der Waals surface area (Å²) in [6, 6.07) is 0. The van der Waals surface area contributed by atoms with Crippen LogP contribution in [-0.4, -0.2) is 46.1 Å². The van der Waals surface area contributed by atoms with Gasteiger partial charge in [0.1, 0.15) is 0 Å². The fourth-order valence-electron chi connectivity index (χ4n) is 1.28. The Hall–Kier alpha value is 2.11. The summed E-state index contributed by atoms with van der Waals surface area (Å²) in [5.41, 5.74) is 0. The van der Waals surface area contributed by atoms with Gasteiger partial charge >= 0.3 is 46.1 Å². The van der Waals surface area contributed by atoms with Crippen molar-refractivity contribution < 1.29 is 24.8 Å². The van der Waals surface area contributed by atoms with Gasteiger partial charge < -0.3 is 38.7 Å². The van der Waals surface area contributed by atoms with Crippen LogP contribution in [0.25, 0.3) is 0 Å². The Morgan fingerprint density at radius 3 is 1.17 bits per heavy atom. The molecular formula is C8H14Cl2Mg2. The third-order valence-corrected chi connectivity index (χ3v) is 2.07. The van der Waals surface area contributed by atoms with Crippen molar-refractivity contribution in [2.24, 2.45) is 11.8 Å². The predicted octanol–water partition coefficient (Wildman–Crippen LogP) is -4.29. The molecule has 0 N–H and O–H groups in total. The Morgan fingerprint density at radius 1 is 0.750 bits per heavy atom. The molecule has 0 aromatic carbocycles. The predicted molar refractivity (Wildman–Crippen MR) is 47.7 cm³/mol. The molecule has 0 nitrogen and oxygen atoms in total. The average Bonchev–Trinajstić information content (AvgIpc) is 1.77. The van der Waals surface area contributed by atoms with Crippen molar-refractivity contribution in [3.63, 3.8) is 0 Å². The minimum atomic E-state index is 0. The van der Waals surface area contributed by atoms with E-state index in [0.29, 0.717) is 11.8 Å². The van der Waals surface area contributed by atoms with E-state index in [0.717, 1.165) is 0 Å². The van der Waals surface area contributed by atoms with E-state index in [1.807, 2.05) is 0 Å². The summed E-state index contributed by atoms with van der Waals surface area (Å²) >= 11 is 0. The topological polar surface area (TPSA) is 0 Å². The largest absolute Gasteiger partial charge is 2.00 e. The first kappa shape index (κ1) is 23.7. The molecule has 2 atom stereocenters. The average molecular weight is 230 g/mol. The zero-order valence-corrected chi connectivity index (χ0v) is 11.9. The Labute approximate surface area is 121 Å². The normalized spacial score (nSPS) is 26.5. The third kappa shape index (κ3) is 8.70. The van der Waals surface area contributed by atoms with Gasteiger partial charge in [0.05, 0.1) is 0 Å². The molecule has 0 aliphatic heterocycles. The standard InChI is InChI=1S/C8H14.2ClH.2Mg/c1-7-5-3-4-6-8(7)2;;;;/h7-8H,1-6H2;2*1H;;/q-2;;;2*+2/p-2/t7-,8+;;;;. The molecule has 1 aliphatic carbocycles. The summed E-state index contributed by atoms with van der Waals surface area (Å²) in [6.45, 7) is 8.03. The van der Waals surface area contributed by atoms with E-state index in [9.17, 15) is 0 Å². The van der Waals surface area contributed by atoms with Crippen LogP contribution in [0.4, 0.5) is 0 Å². The molecule has 0 saturated heterocycles. The van der Waals surface area contributed by atoms with E-state index in [1.165, 1.54) is 25.7 Å². The zero-order chi connectivity index (χ0) is 5.98. The van der Waals surface area contributed by atoms with Gasteiger partial charge in [0.2, 0.25) is 0 Å². The fourth-order valence-corrected chi connectivity index (χ4v) is 1.28. The van der Waals surface area contributed by atoms with Crippen LogP contribution in [0, 0.1) is 25.7 Å². The summed E-state index contributed by atoms with van der Waals surface area (Å²) in [4.78, 5) is 0. The van der Waals surface area contributed by atoms with Crippen molar-refractivity contribution in [3.8, 4) is 0 Å². The van der Waals surface area contributed by atoms with E-state index >= 15 is 0 Å². The first-order valence-corrected chi connectivity index (χ1v) is 3.47. The zero-order valence-electron chi connectivity index (χ0n) is 7.57. The van der Waals surface area contributed by atoms with E-state index < -0.39 is 0 Å². The van der Waals surface area contributed by atoms with Gasteiger partial charge in [-0.2, -0.15) is 11.8 Å². The minimum Gasteiger partial charge on any atom is -1.00 e. The van der Waals surface area contributed by atoms with Crippen LogP contribution in [0.1, 0.15) is 25.7 Å². The minimum absolute atomic E-state index is 0. The van der Waals surface area contributed by atoms with Crippen molar-refractivity contribution in [1.82, 2.24) is 0 Å². The summed E-state index contributed by atoms with van der Waals surface area (Å²) in [5, 5.41) is 0. The number of hydrogen-bond donors (Lipinski definition) is 0. The number of halogens is 2. The van der Waals surface area contributed by atoms with Crippen LogP contribution in [0.15, 0.2) is 0 Å². The fraction of sp³-hybridized carbons (Fsp3) is 0.750. The number of hydrogen-bond acceptors (Lipinski definition) is 0. The van der Waals surface area contributed by atoms with Gasteiger partial charge in [0, 0.05) is 0 Å². The van der Waals surface area contributed by atoms with Gasteiger partial charge in [0.15, 0.2) is 0 Å². The molecule has 0 aromatic rings. The number of rotatable bonds is 0. The van der Waals surface area contributed by atoms with Gasteiger partial charge in [0.25, 0.3) is 0 Å². The van der Waals surface area contributed by atoms with Crippen molar-refractivity contribution >= 4 is 46.1 Å². The van der Waals surface area contributed by atoms with E-state index in [4.69, 9.17) is 0 Å². The first-order chi connectivity index (χ1) is 3.80. The monoisotopic (exact) mass is 228 g/mol. The maximum atomic E-state index is 4.02. The molecule has 12 heavy (non-hydrogen) atoms. The smallest absolute Gasteiger partial charge is 1.00 e. The van der Waals surface area contributed by atoms with Crippen molar-refractivity contribution in [1.29, 1.82) is 0 Å². The molecule has 0 amide bonds. The quantitative estimate of drug-likeness (QED) is 0.291. The second kappa shape index (κ2) is 13.1. The van der Waals surface area contributed by atoms with Crippen LogP contribution in [-0.2, 0) is 0 Å². The molecule has 1 rings (SSSR count). The first-order valence-electron chi connectivity index (χ1n) is 3.47. The second-order valence-electron chi connectivity index (χ2n) is 2.80. The molecule has 1 fully saturated rings. The van der Waals surface area contributed by atoms with Crippen LogP contribution in [0.5, 0.6) is 0 Å². The van der Waals surface area contributed by atoms with Crippen molar-refractivity contribution in [3.05, 3.63) is 13.8 Å². The SMILES string of the molecule is [CH2-][C@@H]1CCCC[C@@H]1[CH2-].[Cl-].[Cl-].[Mg+2].[Mg+2]. The molecule has 1 saturated carbocycles.